The largest absolute Gasteiger partial charge is 0.317 e. The summed E-state index contributed by atoms with van der Waals surface area (Å²) in [6.45, 7) is 5.07. The zero-order valence-corrected chi connectivity index (χ0v) is 8.94. The van der Waals surface area contributed by atoms with Crippen molar-refractivity contribution in [3.8, 4) is 0 Å². The Morgan fingerprint density at radius 2 is 1.62 bits per heavy atom. The normalized spacial score (nSPS) is 30.2. The molecule has 0 amide bonds. The number of nitrogens with one attached hydrogen (secondary N) is 1. The van der Waals surface area contributed by atoms with E-state index in [1.807, 2.05) is 0 Å². The van der Waals surface area contributed by atoms with Crippen molar-refractivity contribution in [3.63, 3.8) is 0 Å². The Kier molecular flexibility index (Phi) is 2.92. The third kappa shape index (κ3) is 2.07. The van der Waals surface area contributed by atoms with Gasteiger partial charge in [0, 0.05) is 0 Å². The molecule has 1 N–H and O–H groups in total. The molecule has 2 fully saturated rings. The molecular formula is C12H23N. The molecule has 1 nitrogen and oxygen atoms in total. The summed E-state index contributed by atoms with van der Waals surface area (Å²) in [5, 5.41) is 3.47. The molecular weight excluding hydrogens is 158 g/mol. The van der Waals surface area contributed by atoms with Crippen LogP contribution in [0.3, 0.4) is 0 Å². The molecule has 76 valence electrons. The molecule has 1 saturated heterocycles. The average molecular weight is 181 g/mol. The van der Waals surface area contributed by atoms with E-state index in [1.54, 1.807) is 0 Å². The van der Waals surface area contributed by atoms with Crippen molar-refractivity contribution in [2.24, 2.45) is 11.3 Å². The maximum Gasteiger partial charge on any atom is -0.00461 e. The van der Waals surface area contributed by atoms with E-state index in [1.165, 1.54) is 58.0 Å². The maximum absolute atomic E-state index is 3.47. The quantitative estimate of drug-likeness (QED) is 0.656. The standard InChI is InChI=1S/C12H23N/c1-12(7-3-2-4-8-12)11-5-9-13-10-6-11/h11,13H,2-10H2,1H3. The van der Waals surface area contributed by atoms with Gasteiger partial charge in [-0.1, -0.05) is 26.2 Å². The van der Waals surface area contributed by atoms with Gasteiger partial charge in [0.2, 0.25) is 0 Å². The van der Waals surface area contributed by atoms with Crippen LogP contribution >= 0.6 is 0 Å². The zero-order chi connectivity index (χ0) is 9.15. The van der Waals surface area contributed by atoms with E-state index in [0.29, 0.717) is 5.41 Å². The minimum Gasteiger partial charge on any atom is -0.317 e. The van der Waals surface area contributed by atoms with E-state index in [9.17, 15) is 0 Å². The van der Waals surface area contributed by atoms with E-state index in [2.05, 4.69) is 12.2 Å². The minimum atomic E-state index is 0.709. The molecule has 1 aliphatic carbocycles. The minimum absolute atomic E-state index is 0.709. The van der Waals surface area contributed by atoms with Crippen LogP contribution in [0.2, 0.25) is 0 Å². The summed E-state index contributed by atoms with van der Waals surface area (Å²) in [4.78, 5) is 0. The molecule has 0 aromatic carbocycles. The van der Waals surface area contributed by atoms with Gasteiger partial charge in [-0.15, -0.1) is 0 Å². The second-order valence-corrected chi connectivity index (χ2v) is 5.24. The van der Waals surface area contributed by atoms with E-state index >= 15 is 0 Å². The summed E-state index contributed by atoms with van der Waals surface area (Å²) in [5.74, 6) is 1.02. The Morgan fingerprint density at radius 1 is 1.00 bits per heavy atom. The molecule has 2 aliphatic rings. The van der Waals surface area contributed by atoms with E-state index < -0.39 is 0 Å². The lowest BCUT2D eigenvalue weighted by Gasteiger charge is -2.43. The number of rotatable bonds is 1. The molecule has 2 rings (SSSR count). The predicted molar refractivity (Wildman–Crippen MR) is 56.8 cm³/mol. The molecule has 0 spiro atoms. The Morgan fingerprint density at radius 3 is 2.23 bits per heavy atom. The first-order valence-electron chi connectivity index (χ1n) is 6.02. The van der Waals surface area contributed by atoms with Crippen LogP contribution in [0.5, 0.6) is 0 Å². The average Bonchev–Trinajstić information content (AvgIpc) is 2.20. The maximum atomic E-state index is 3.47. The fourth-order valence-electron chi connectivity index (χ4n) is 3.29. The molecule has 0 aromatic heterocycles. The van der Waals surface area contributed by atoms with Gasteiger partial charge in [-0.05, 0) is 50.1 Å². The van der Waals surface area contributed by atoms with E-state index in [4.69, 9.17) is 0 Å². The molecule has 1 heteroatoms. The smallest absolute Gasteiger partial charge is 0.00461 e. The number of piperidine rings is 1. The lowest BCUT2D eigenvalue weighted by Crippen LogP contribution is -2.38. The van der Waals surface area contributed by atoms with E-state index in [0.717, 1.165) is 5.92 Å². The summed E-state index contributed by atoms with van der Waals surface area (Å²) in [5.41, 5.74) is 0.709. The Labute approximate surface area is 82.3 Å². The van der Waals surface area contributed by atoms with Gasteiger partial charge in [0.15, 0.2) is 0 Å². The number of hydrogen-bond donors (Lipinski definition) is 1. The topological polar surface area (TPSA) is 12.0 Å². The third-order valence-electron chi connectivity index (χ3n) is 4.32. The molecule has 1 aliphatic heterocycles. The van der Waals surface area contributed by atoms with Crippen molar-refractivity contribution in [1.29, 1.82) is 0 Å². The molecule has 0 atom stereocenters. The molecule has 1 saturated carbocycles. The monoisotopic (exact) mass is 181 g/mol. The molecule has 1 heterocycles. The van der Waals surface area contributed by atoms with Gasteiger partial charge < -0.3 is 5.32 Å². The zero-order valence-electron chi connectivity index (χ0n) is 8.94. The Balaban J connectivity index is 1.94. The van der Waals surface area contributed by atoms with Crippen LogP contribution in [-0.4, -0.2) is 13.1 Å². The van der Waals surface area contributed by atoms with Gasteiger partial charge in [-0.2, -0.15) is 0 Å². The first-order chi connectivity index (χ1) is 6.31. The summed E-state index contributed by atoms with van der Waals surface area (Å²) in [6, 6.07) is 0. The summed E-state index contributed by atoms with van der Waals surface area (Å²) < 4.78 is 0. The highest BCUT2D eigenvalue weighted by atomic mass is 14.9. The van der Waals surface area contributed by atoms with Gasteiger partial charge in [0.05, 0.1) is 0 Å². The fraction of sp³-hybridized carbons (Fsp3) is 1.00. The summed E-state index contributed by atoms with van der Waals surface area (Å²) in [6.07, 6.45) is 10.3. The van der Waals surface area contributed by atoms with Gasteiger partial charge in [0.25, 0.3) is 0 Å². The Hall–Kier alpha value is -0.0400. The summed E-state index contributed by atoms with van der Waals surface area (Å²) >= 11 is 0. The Bertz CT molecular complexity index is 153. The van der Waals surface area contributed by atoms with Crippen LogP contribution in [0.4, 0.5) is 0 Å². The van der Waals surface area contributed by atoms with Crippen molar-refractivity contribution in [1.82, 2.24) is 5.32 Å². The highest BCUT2D eigenvalue weighted by molar-refractivity contribution is 4.87. The SMILES string of the molecule is CC1(C2CCNCC2)CCCCC1. The van der Waals surface area contributed by atoms with Crippen LogP contribution in [0.15, 0.2) is 0 Å². The molecule has 0 radical (unpaired) electrons. The van der Waals surface area contributed by atoms with Gasteiger partial charge in [-0.3, -0.25) is 0 Å². The van der Waals surface area contributed by atoms with E-state index in [-0.39, 0.29) is 0 Å². The van der Waals surface area contributed by atoms with Crippen molar-refractivity contribution >= 4 is 0 Å². The third-order valence-corrected chi connectivity index (χ3v) is 4.32. The van der Waals surface area contributed by atoms with Crippen LogP contribution in [0, 0.1) is 11.3 Å². The first-order valence-corrected chi connectivity index (χ1v) is 6.02. The second-order valence-electron chi connectivity index (χ2n) is 5.24. The molecule has 0 bridgehead atoms. The number of hydrogen-bond acceptors (Lipinski definition) is 1. The molecule has 13 heavy (non-hydrogen) atoms. The molecule has 0 unspecified atom stereocenters. The van der Waals surface area contributed by atoms with Gasteiger partial charge in [0.1, 0.15) is 0 Å². The lowest BCUT2D eigenvalue weighted by atomic mass is 9.64. The highest BCUT2D eigenvalue weighted by Gasteiger charge is 2.35. The van der Waals surface area contributed by atoms with Crippen molar-refractivity contribution in [3.05, 3.63) is 0 Å². The second kappa shape index (κ2) is 4.00. The van der Waals surface area contributed by atoms with Gasteiger partial charge in [-0.25, -0.2) is 0 Å². The van der Waals surface area contributed by atoms with Crippen molar-refractivity contribution in [2.75, 3.05) is 13.1 Å². The van der Waals surface area contributed by atoms with Crippen LogP contribution in [-0.2, 0) is 0 Å². The molecule has 0 aromatic rings. The summed E-state index contributed by atoms with van der Waals surface area (Å²) in [7, 11) is 0. The highest BCUT2D eigenvalue weighted by Crippen LogP contribution is 2.45. The van der Waals surface area contributed by atoms with Gasteiger partial charge >= 0.3 is 0 Å². The predicted octanol–water partition coefficient (Wildman–Crippen LogP) is 2.96. The lowest BCUT2D eigenvalue weighted by molar-refractivity contribution is 0.0928. The fourth-order valence-corrected chi connectivity index (χ4v) is 3.29. The first kappa shape index (κ1) is 9.51. The van der Waals surface area contributed by atoms with Crippen LogP contribution in [0.1, 0.15) is 51.9 Å². The van der Waals surface area contributed by atoms with Crippen molar-refractivity contribution in [2.45, 2.75) is 51.9 Å². The van der Waals surface area contributed by atoms with Crippen molar-refractivity contribution < 1.29 is 0 Å². The van der Waals surface area contributed by atoms with Crippen LogP contribution in [0.25, 0.3) is 0 Å². The van der Waals surface area contributed by atoms with Crippen LogP contribution < -0.4 is 5.32 Å².